The van der Waals surface area contributed by atoms with Gasteiger partial charge in [0.1, 0.15) is 18.3 Å². The molecule has 3 amide bonds. The van der Waals surface area contributed by atoms with Crippen LogP contribution >= 0.6 is 0 Å². The third kappa shape index (κ3) is 5.73. The number of para-hydroxylation sites is 1. The quantitative estimate of drug-likeness (QED) is 0.460. The number of hydrogen-bond acceptors (Lipinski definition) is 3. The molecule has 37 heavy (non-hydrogen) atoms. The molecule has 0 saturated carbocycles. The molecule has 1 atom stereocenters. The SMILES string of the molecule is CCCN(CC(=O)N1CCn2cccc2C1c1ccccc1OC)C(=O)Nc1ccc(C(F)(F)F)cc1. The van der Waals surface area contributed by atoms with Crippen LogP contribution in [0, 0.1) is 0 Å². The molecule has 1 aromatic heterocycles. The number of fused-ring (bicyclic) bond motifs is 1. The Morgan fingerprint density at radius 3 is 2.46 bits per heavy atom. The Hall–Kier alpha value is -3.95. The van der Waals surface area contributed by atoms with Crippen LogP contribution in [0.2, 0.25) is 0 Å². The number of aromatic nitrogens is 1. The van der Waals surface area contributed by atoms with Crippen molar-refractivity contribution in [2.75, 3.05) is 32.1 Å². The average molecular weight is 515 g/mol. The molecule has 7 nitrogen and oxygen atoms in total. The largest absolute Gasteiger partial charge is 0.496 e. The Balaban J connectivity index is 1.54. The summed E-state index contributed by atoms with van der Waals surface area (Å²) < 4.78 is 46.3. The highest BCUT2D eigenvalue weighted by molar-refractivity contribution is 5.92. The number of halogens is 3. The second kappa shape index (κ2) is 11.0. The van der Waals surface area contributed by atoms with Gasteiger partial charge in [0.2, 0.25) is 5.91 Å². The maximum Gasteiger partial charge on any atom is 0.416 e. The van der Waals surface area contributed by atoms with E-state index in [2.05, 4.69) is 9.88 Å². The summed E-state index contributed by atoms with van der Waals surface area (Å²) in [6, 6.07) is 14.7. The summed E-state index contributed by atoms with van der Waals surface area (Å²) in [6.45, 7) is 3.08. The van der Waals surface area contributed by atoms with Crippen LogP contribution in [-0.2, 0) is 17.5 Å². The molecule has 0 saturated heterocycles. The molecule has 0 spiro atoms. The molecule has 3 aromatic rings. The van der Waals surface area contributed by atoms with Crippen molar-refractivity contribution in [3.63, 3.8) is 0 Å². The molecule has 1 aliphatic rings. The van der Waals surface area contributed by atoms with Gasteiger partial charge in [0.15, 0.2) is 0 Å². The molecule has 2 heterocycles. The zero-order chi connectivity index (χ0) is 26.6. The van der Waals surface area contributed by atoms with E-state index >= 15 is 0 Å². The predicted molar refractivity (Wildman–Crippen MR) is 133 cm³/mol. The smallest absolute Gasteiger partial charge is 0.416 e. The highest BCUT2D eigenvalue weighted by Gasteiger charge is 2.35. The first kappa shape index (κ1) is 26.1. The molecular weight excluding hydrogens is 485 g/mol. The van der Waals surface area contributed by atoms with Crippen LogP contribution in [0.1, 0.15) is 36.2 Å². The van der Waals surface area contributed by atoms with E-state index in [1.807, 2.05) is 49.5 Å². The number of benzene rings is 2. The van der Waals surface area contributed by atoms with Crippen molar-refractivity contribution in [1.29, 1.82) is 0 Å². The number of nitrogens with one attached hydrogen (secondary N) is 1. The van der Waals surface area contributed by atoms with Gasteiger partial charge in [0.05, 0.1) is 12.7 Å². The Bertz CT molecular complexity index is 1240. The average Bonchev–Trinajstić information content (AvgIpc) is 3.36. The van der Waals surface area contributed by atoms with E-state index in [4.69, 9.17) is 4.74 Å². The first-order chi connectivity index (χ1) is 17.7. The van der Waals surface area contributed by atoms with E-state index < -0.39 is 23.8 Å². The second-order valence-electron chi connectivity index (χ2n) is 8.78. The van der Waals surface area contributed by atoms with Crippen molar-refractivity contribution in [3.8, 4) is 5.75 Å². The molecule has 0 bridgehead atoms. The maximum absolute atomic E-state index is 13.6. The molecule has 1 N–H and O–H groups in total. The van der Waals surface area contributed by atoms with E-state index in [9.17, 15) is 22.8 Å². The summed E-state index contributed by atoms with van der Waals surface area (Å²) in [5, 5.41) is 2.61. The molecule has 4 rings (SSSR count). The highest BCUT2D eigenvalue weighted by Crippen LogP contribution is 2.37. The van der Waals surface area contributed by atoms with Crippen molar-refractivity contribution < 1.29 is 27.5 Å². The van der Waals surface area contributed by atoms with Gasteiger partial charge in [-0.05, 0) is 48.9 Å². The number of rotatable bonds is 7. The van der Waals surface area contributed by atoms with Gasteiger partial charge < -0.3 is 24.4 Å². The topological polar surface area (TPSA) is 66.8 Å². The van der Waals surface area contributed by atoms with E-state index in [1.54, 1.807) is 12.0 Å². The number of anilines is 1. The highest BCUT2D eigenvalue weighted by atomic mass is 19.4. The Labute approximate surface area is 213 Å². The number of carbonyl (C=O) groups excluding carboxylic acids is 2. The first-order valence-corrected chi connectivity index (χ1v) is 12.0. The third-order valence-electron chi connectivity index (χ3n) is 6.36. The lowest BCUT2D eigenvalue weighted by Gasteiger charge is -2.38. The van der Waals surface area contributed by atoms with Gasteiger partial charge in [-0.25, -0.2) is 4.79 Å². The number of hydrogen-bond donors (Lipinski definition) is 1. The van der Waals surface area contributed by atoms with E-state index in [1.165, 1.54) is 17.0 Å². The van der Waals surface area contributed by atoms with Crippen LogP contribution in [0.4, 0.5) is 23.7 Å². The number of amides is 3. The summed E-state index contributed by atoms with van der Waals surface area (Å²) in [7, 11) is 1.58. The molecule has 196 valence electrons. The fourth-order valence-corrected chi connectivity index (χ4v) is 4.59. The Morgan fingerprint density at radius 2 is 1.78 bits per heavy atom. The number of nitrogens with zero attached hydrogens (tertiary/aromatic N) is 3. The van der Waals surface area contributed by atoms with Crippen LogP contribution in [-0.4, -0.2) is 53.0 Å². The number of ether oxygens (including phenoxy) is 1. The van der Waals surface area contributed by atoms with Gasteiger partial charge in [0, 0.05) is 42.8 Å². The fourth-order valence-electron chi connectivity index (χ4n) is 4.59. The van der Waals surface area contributed by atoms with E-state index in [-0.39, 0.29) is 18.1 Å². The lowest BCUT2D eigenvalue weighted by atomic mass is 9.98. The lowest BCUT2D eigenvalue weighted by Crippen LogP contribution is -2.49. The third-order valence-corrected chi connectivity index (χ3v) is 6.36. The Kier molecular flexibility index (Phi) is 7.75. The molecule has 1 aliphatic heterocycles. The van der Waals surface area contributed by atoms with Gasteiger partial charge in [-0.1, -0.05) is 25.1 Å². The van der Waals surface area contributed by atoms with Crippen molar-refractivity contribution in [1.82, 2.24) is 14.4 Å². The second-order valence-corrected chi connectivity index (χ2v) is 8.78. The zero-order valence-electron chi connectivity index (χ0n) is 20.7. The number of urea groups is 1. The number of alkyl halides is 3. The normalized spacial score (nSPS) is 15.2. The number of methoxy groups -OCH3 is 1. The molecule has 0 fully saturated rings. The van der Waals surface area contributed by atoms with Crippen LogP contribution in [0.5, 0.6) is 5.75 Å². The van der Waals surface area contributed by atoms with Gasteiger partial charge in [0.25, 0.3) is 0 Å². The fraction of sp³-hybridized carbons (Fsp3) is 0.333. The molecule has 0 aliphatic carbocycles. The summed E-state index contributed by atoms with van der Waals surface area (Å²) in [5.41, 5.74) is 1.20. The van der Waals surface area contributed by atoms with Crippen LogP contribution in [0.25, 0.3) is 0 Å². The minimum absolute atomic E-state index is 0.174. The maximum atomic E-state index is 13.6. The summed E-state index contributed by atoms with van der Waals surface area (Å²) in [6.07, 6.45) is -1.89. The summed E-state index contributed by atoms with van der Waals surface area (Å²) >= 11 is 0. The van der Waals surface area contributed by atoms with Crippen molar-refractivity contribution in [3.05, 3.63) is 83.7 Å². The summed E-state index contributed by atoms with van der Waals surface area (Å²) in [4.78, 5) is 29.8. The monoisotopic (exact) mass is 514 g/mol. The molecular formula is C27H29F3N4O3. The van der Waals surface area contributed by atoms with Gasteiger partial charge in [-0.15, -0.1) is 0 Å². The van der Waals surface area contributed by atoms with Gasteiger partial charge >= 0.3 is 12.2 Å². The van der Waals surface area contributed by atoms with Crippen molar-refractivity contribution >= 4 is 17.6 Å². The van der Waals surface area contributed by atoms with Gasteiger partial charge in [-0.2, -0.15) is 13.2 Å². The molecule has 1 unspecified atom stereocenters. The Morgan fingerprint density at radius 1 is 1.05 bits per heavy atom. The van der Waals surface area contributed by atoms with Crippen molar-refractivity contribution in [2.45, 2.75) is 32.1 Å². The van der Waals surface area contributed by atoms with Crippen molar-refractivity contribution in [2.24, 2.45) is 0 Å². The van der Waals surface area contributed by atoms with E-state index in [0.717, 1.165) is 23.4 Å². The first-order valence-electron chi connectivity index (χ1n) is 12.0. The number of carbonyl (C=O) groups is 2. The minimum Gasteiger partial charge on any atom is -0.496 e. The van der Waals surface area contributed by atoms with E-state index in [0.29, 0.717) is 31.8 Å². The molecule has 0 radical (unpaired) electrons. The van der Waals surface area contributed by atoms with Crippen LogP contribution in [0.15, 0.2) is 66.9 Å². The summed E-state index contributed by atoms with van der Waals surface area (Å²) in [5.74, 6) is 0.421. The molecule has 10 heteroatoms. The van der Waals surface area contributed by atoms with Crippen LogP contribution < -0.4 is 10.1 Å². The lowest BCUT2D eigenvalue weighted by molar-refractivity contribution is -0.137. The predicted octanol–water partition coefficient (Wildman–Crippen LogP) is 5.39. The zero-order valence-corrected chi connectivity index (χ0v) is 20.7. The molecule has 2 aromatic carbocycles. The van der Waals surface area contributed by atoms with Gasteiger partial charge in [-0.3, -0.25) is 4.79 Å². The minimum atomic E-state index is -4.46. The standard InChI is InChI=1S/C27H29F3N4O3/c1-3-14-33(26(36)31-20-12-10-19(11-13-20)27(28,29)30)18-24(35)34-17-16-32-15-6-8-22(32)25(34)21-7-4-5-9-23(21)37-2/h4-13,15,25H,3,14,16-18H2,1-2H3,(H,31,36). The van der Waals surface area contributed by atoms with Crippen LogP contribution in [0.3, 0.4) is 0 Å².